The number of ether oxygens (including phenoxy) is 1. The third-order valence-electron chi connectivity index (χ3n) is 7.01. The predicted octanol–water partition coefficient (Wildman–Crippen LogP) is 3.63. The summed E-state index contributed by atoms with van der Waals surface area (Å²) in [6, 6.07) is 8.32. The number of methoxy groups -OCH3 is 1. The van der Waals surface area contributed by atoms with Gasteiger partial charge < -0.3 is 25.0 Å². The quantitative estimate of drug-likeness (QED) is 0.488. The zero-order chi connectivity index (χ0) is 25.1. The number of H-pyrrole nitrogens is 1. The van der Waals surface area contributed by atoms with E-state index in [2.05, 4.69) is 26.3 Å². The van der Waals surface area contributed by atoms with Crippen LogP contribution in [0.15, 0.2) is 42.6 Å². The molecule has 190 valence electrons. The highest BCUT2D eigenvalue weighted by Gasteiger charge is 2.21. The highest BCUT2D eigenvalue weighted by molar-refractivity contribution is 5.96. The lowest BCUT2D eigenvalue weighted by Gasteiger charge is -2.30. The summed E-state index contributed by atoms with van der Waals surface area (Å²) in [4.78, 5) is 24.5. The zero-order valence-electron chi connectivity index (χ0n) is 20.5. The summed E-state index contributed by atoms with van der Waals surface area (Å²) in [6.45, 7) is 4.11. The van der Waals surface area contributed by atoms with Gasteiger partial charge in [-0.3, -0.25) is 4.90 Å². The van der Waals surface area contributed by atoms with Gasteiger partial charge in [-0.05, 0) is 67.3 Å². The van der Waals surface area contributed by atoms with Crippen LogP contribution in [0.2, 0.25) is 0 Å². The number of amides is 2. The van der Waals surface area contributed by atoms with E-state index in [1.807, 2.05) is 12.1 Å². The number of aromatic nitrogens is 2. The molecule has 1 unspecified atom stereocenters. The number of carbonyl (C=O) groups excluding carboxylic acids is 1. The number of hydrogen-bond acceptors (Lipinski definition) is 5. The Balaban J connectivity index is 1.25. The number of fused-ring (bicyclic) bond motifs is 1. The van der Waals surface area contributed by atoms with Gasteiger partial charge in [0.2, 0.25) is 0 Å². The van der Waals surface area contributed by atoms with E-state index >= 15 is 0 Å². The number of nitrogens with one attached hydrogen (secondary N) is 2. The third kappa shape index (κ3) is 5.22. The number of halogens is 1. The van der Waals surface area contributed by atoms with E-state index in [0.717, 1.165) is 60.2 Å². The summed E-state index contributed by atoms with van der Waals surface area (Å²) >= 11 is 0. The second-order valence-electron chi connectivity index (χ2n) is 9.40. The van der Waals surface area contributed by atoms with E-state index in [1.54, 1.807) is 24.3 Å². The molecule has 1 atom stereocenters. The van der Waals surface area contributed by atoms with Crippen LogP contribution in [-0.4, -0.2) is 83.4 Å². The molecule has 1 aromatic carbocycles. The number of piperidine rings is 1. The number of aliphatic hydroxyl groups is 1. The van der Waals surface area contributed by atoms with E-state index in [1.165, 1.54) is 12.1 Å². The number of aliphatic hydroxyl groups excluding tert-OH is 1. The largest absolute Gasteiger partial charge is 0.496 e. The zero-order valence-corrected chi connectivity index (χ0v) is 20.5. The van der Waals surface area contributed by atoms with Crippen molar-refractivity contribution >= 4 is 22.6 Å². The molecular formula is C27H32FN5O3. The van der Waals surface area contributed by atoms with Crippen LogP contribution in [0.3, 0.4) is 0 Å². The van der Waals surface area contributed by atoms with Crippen LogP contribution in [0, 0.1) is 5.82 Å². The lowest BCUT2D eigenvalue weighted by Crippen LogP contribution is -2.46. The molecule has 3 N–H and O–H groups in total. The van der Waals surface area contributed by atoms with Crippen molar-refractivity contribution in [2.45, 2.75) is 25.4 Å². The van der Waals surface area contributed by atoms with Crippen LogP contribution < -0.4 is 10.1 Å². The molecule has 1 fully saturated rings. The molecule has 0 bridgehead atoms. The molecule has 9 heteroatoms. The minimum absolute atomic E-state index is 0.0679. The molecule has 2 aromatic heterocycles. The monoisotopic (exact) mass is 493 g/mol. The van der Waals surface area contributed by atoms with Crippen LogP contribution in [0.25, 0.3) is 27.7 Å². The van der Waals surface area contributed by atoms with Crippen molar-refractivity contribution in [2.24, 2.45) is 0 Å². The molecule has 2 aliphatic heterocycles. The normalized spacial score (nSPS) is 18.8. The molecule has 2 amide bonds. The Morgan fingerprint density at radius 2 is 2.17 bits per heavy atom. The molecule has 0 radical (unpaired) electrons. The van der Waals surface area contributed by atoms with E-state index < -0.39 is 0 Å². The second kappa shape index (κ2) is 10.7. The van der Waals surface area contributed by atoms with Gasteiger partial charge in [-0.15, -0.1) is 0 Å². The van der Waals surface area contributed by atoms with Gasteiger partial charge in [-0.2, -0.15) is 0 Å². The number of urea groups is 1. The van der Waals surface area contributed by atoms with Crippen LogP contribution in [0.1, 0.15) is 25.0 Å². The highest BCUT2D eigenvalue weighted by atomic mass is 19.1. The molecule has 0 saturated carbocycles. The van der Waals surface area contributed by atoms with Crippen molar-refractivity contribution in [2.75, 3.05) is 46.4 Å². The Kier molecular flexibility index (Phi) is 7.20. The van der Waals surface area contributed by atoms with Gasteiger partial charge in [0, 0.05) is 55.6 Å². The third-order valence-corrected chi connectivity index (χ3v) is 7.01. The van der Waals surface area contributed by atoms with Crippen molar-refractivity contribution in [3.8, 4) is 16.9 Å². The first-order chi connectivity index (χ1) is 17.5. The fourth-order valence-corrected chi connectivity index (χ4v) is 5.09. The van der Waals surface area contributed by atoms with Crippen molar-refractivity contribution in [3.63, 3.8) is 0 Å². The van der Waals surface area contributed by atoms with Gasteiger partial charge in [0.1, 0.15) is 17.2 Å². The fourth-order valence-electron chi connectivity index (χ4n) is 5.09. The number of rotatable bonds is 6. The van der Waals surface area contributed by atoms with Gasteiger partial charge in [-0.25, -0.2) is 14.2 Å². The van der Waals surface area contributed by atoms with Crippen LogP contribution >= 0.6 is 0 Å². The molecule has 1 saturated heterocycles. The number of nitrogens with zero attached hydrogens (tertiary/aromatic N) is 3. The summed E-state index contributed by atoms with van der Waals surface area (Å²) in [5, 5.41) is 13.7. The average molecular weight is 494 g/mol. The smallest absolute Gasteiger partial charge is 0.317 e. The second-order valence-corrected chi connectivity index (χ2v) is 9.40. The minimum atomic E-state index is -0.326. The topological polar surface area (TPSA) is 93.7 Å². The lowest BCUT2D eigenvalue weighted by molar-refractivity contribution is 0.0714. The summed E-state index contributed by atoms with van der Waals surface area (Å²) < 4.78 is 19.5. The minimum Gasteiger partial charge on any atom is -0.496 e. The maximum atomic E-state index is 14.0. The molecule has 5 rings (SSSR count). The van der Waals surface area contributed by atoms with E-state index in [-0.39, 0.29) is 18.0 Å². The van der Waals surface area contributed by atoms with Gasteiger partial charge in [0.15, 0.2) is 0 Å². The van der Waals surface area contributed by atoms with Crippen LogP contribution in [-0.2, 0) is 0 Å². The molecule has 4 heterocycles. The molecule has 36 heavy (non-hydrogen) atoms. The Morgan fingerprint density at radius 1 is 1.28 bits per heavy atom. The van der Waals surface area contributed by atoms with Gasteiger partial charge >= 0.3 is 6.03 Å². The van der Waals surface area contributed by atoms with E-state index in [9.17, 15) is 14.3 Å². The Morgan fingerprint density at radius 3 is 2.94 bits per heavy atom. The number of hydrogen-bond donors (Lipinski definition) is 3. The Labute approximate surface area is 209 Å². The Bertz CT molecular complexity index is 1270. The molecule has 2 aliphatic rings. The van der Waals surface area contributed by atoms with Crippen molar-refractivity contribution < 1.29 is 19.0 Å². The predicted molar refractivity (Wildman–Crippen MR) is 137 cm³/mol. The highest BCUT2D eigenvalue weighted by Crippen LogP contribution is 2.36. The summed E-state index contributed by atoms with van der Waals surface area (Å²) in [7, 11) is 1.57. The van der Waals surface area contributed by atoms with Gasteiger partial charge in [0.25, 0.3) is 0 Å². The fraction of sp³-hybridized carbons (Fsp3) is 0.407. The lowest BCUT2D eigenvalue weighted by atomic mass is 10.0. The molecular weight excluding hydrogens is 461 g/mol. The number of carbonyl (C=O) groups is 1. The Hall–Kier alpha value is -3.43. The first kappa shape index (κ1) is 24.3. The molecule has 3 aromatic rings. The number of β-amino-alcohol motifs (C(OH)–C–C–N with tert-alkyl or cyclic N) is 1. The number of pyridine rings is 1. The number of likely N-dealkylation sites (tertiary alicyclic amines) is 1. The van der Waals surface area contributed by atoms with E-state index in [4.69, 9.17) is 4.74 Å². The average Bonchev–Trinajstić information content (AvgIpc) is 3.33. The first-order valence-corrected chi connectivity index (χ1v) is 12.5. The molecule has 0 spiro atoms. The number of aromatic amines is 1. The van der Waals surface area contributed by atoms with Crippen molar-refractivity contribution in [3.05, 3.63) is 54.1 Å². The SMILES string of the molecule is COc1ccc(F)cc1-c1ccnc2[nH]c(C3=CCN(C(=O)NCCN4CCCC(O)C4)CC3)cc12. The standard InChI is InChI=1S/C27H32FN5O3/c1-36-25-5-4-19(28)15-22(25)21-6-9-29-26-23(21)16-24(31-26)18-7-12-33(13-8-18)27(35)30-10-14-32-11-2-3-20(34)17-32/h4-7,9,15-16,20,34H,2-3,8,10-14,17H2,1H3,(H,29,31)(H,30,35). The molecule has 8 nitrogen and oxygen atoms in total. The summed E-state index contributed by atoms with van der Waals surface area (Å²) in [5.74, 6) is 0.273. The summed E-state index contributed by atoms with van der Waals surface area (Å²) in [6.07, 6.45) is 6.09. The summed E-state index contributed by atoms with van der Waals surface area (Å²) in [5.41, 5.74) is 4.31. The van der Waals surface area contributed by atoms with Gasteiger partial charge in [-0.1, -0.05) is 6.08 Å². The van der Waals surface area contributed by atoms with Gasteiger partial charge in [0.05, 0.1) is 13.2 Å². The van der Waals surface area contributed by atoms with Crippen LogP contribution in [0.5, 0.6) is 5.75 Å². The first-order valence-electron chi connectivity index (χ1n) is 12.5. The maximum Gasteiger partial charge on any atom is 0.317 e. The number of benzene rings is 1. The molecule has 0 aliphatic carbocycles. The van der Waals surface area contributed by atoms with E-state index in [0.29, 0.717) is 37.5 Å². The maximum absolute atomic E-state index is 14.0. The van der Waals surface area contributed by atoms with Crippen LogP contribution in [0.4, 0.5) is 9.18 Å². The van der Waals surface area contributed by atoms with Crippen molar-refractivity contribution in [1.82, 2.24) is 25.1 Å². The van der Waals surface area contributed by atoms with Crippen molar-refractivity contribution in [1.29, 1.82) is 0 Å².